The van der Waals surface area contributed by atoms with E-state index in [0.29, 0.717) is 23.4 Å². The summed E-state index contributed by atoms with van der Waals surface area (Å²) in [5.41, 5.74) is 1.20. The number of carbonyl (C=O) groups excluding carboxylic acids is 2. The van der Waals surface area contributed by atoms with Gasteiger partial charge < -0.3 is 15.1 Å². The number of benzene rings is 1. The first-order valence-corrected chi connectivity index (χ1v) is 9.52. The maximum Gasteiger partial charge on any atom is 0.239 e. The topological polar surface area (TPSA) is 52.7 Å². The van der Waals surface area contributed by atoms with Crippen molar-refractivity contribution in [1.29, 1.82) is 0 Å². The number of anilines is 1. The Morgan fingerprint density at radius 1 is 1.12 bits per heavy atom. The summed E-state index contributed by atoms with van der Waals surface area (Å²) in [6.07, 6.45) is 3.91. The highest BCUT2D eigenvalue weighted by Crippen LogP contribution is 2.38. The van der Waals surface area contributed by atoms with E-state index in [0.717, 1.165) is 44.7 Å². The van der Waals surface area contributed by atoms with Gasteiger partial charge in [-0.05, 0) is 61.9 Å². The van der Waals surface area contributed by atoms with Crippen LogP contribution in [0.4, 0.5) is 5.69 Å². The molecule has 3 saturated heterocycles. The minimum Gasteiger partial charge on any atom is -0.342 e. The van der Waals surface area contributed by atoms with Gasteiger partial charge in [0.05, 0.1) is 0 Å². The summed E-state index contributed by atoms with van der Waals surface area (Å²) in [5.74, 6) is -0.580. The Balaban J connectivity index is 0.00000196. The molecule has 1 aromatic carbocycles. The Morgan fingerprint density at radius 2 is 1.81 bits per heavy atom. The number of amides is 2. The highest BCUT2D eigenvalue weighted by atomic mass is 35.5. The molecule has 3 aliphatic heterocycles. The van der Waals surface area contributed by atoms with E-state index in [1.54, 1.807) is 17.0 Å². The predicted octanol–water partition coefficient (Wildman–Crippen LogP) is 2.72. The first kappa shape index (κ1) is 19.5. The summed E-state index contributed by atoms with van der Waals surface area (Å²) < 4.78 is 0. The van der Waals surface area contributed by atoms with E-state index in [4.69, 9.17) is 11.6 Å². The van der Waals surface area contributed by atoms with Crippen molar-refractivity contribution < 1.29 is 9.59 Å². The SMILES string of the molecule is Cl.O=C(C1CCN(c2ccc(Cl)cc2)C1=O)N1CCC2(CCNC2)CC1. The number of halogens is 2. The van der Waals surface area contributed by atoms with Gasteiger partial charge in [-0.15, -0.1) is 12.4 Å². The van der Waals surface area contributed by atoms with Crippen molar-refractivity contribution in [1.82, 2.24) is 10.2 Å². The van der Waals surface area contributed by atoms with E-state index < -0.39 is 5.92 Å². The van der Waals surface area contributed by atoms with Crippen LogP contribution in [0.2, 0.25) is 5.02 Å². The highest BCUT2D eigenvalue weighted by molar-refractivity contribution is 6.30. The van der Waals surface area contributed by atoms with Gasteiger partial charge in [-0.2, -0.15) is 0 Å². The van der Waals surface area contributed by atoms with Gasteiger partial charge in [0.25, 0.3) is 0 Å². The van der Waals surface area contributed by atoms with Crippen molar-refractivity contribution in [2.24, 2.45) is 11.3 Å². The Hall–Kier alpha value is -1.30. The van der Waals surface area contributed by atoms with E-state index in [1.165, 1.54) is 6.42 Å². The van der Waals surface area contributed by atoms with E-state index >= 15 is 0 Å². The van der Waals surface area contributed by atoms with Gasteiger partial charge in [0, 0.05) is 36.9 Å². The quantitative estimate of drug-likeness (QED) is 0.780. The van der Waals surface area contributed by atoms with Gasteiger partial charge in [0.15, 0.2) is 0 Å². The van der Waals surface area contributed by atoms with Crippen LogP contribution < -0.4 is 10.2 Å². The molecule has 1 atom stereocenters. The molecular formula is C19H25Cl2N3O2. The fourth-order valence-electron chi connectivity index (χ4n) is 4.43. The zero-order valence-corrected chi connectivity index (χ0v) is 16.3. The maximum atomic E-state index is 12.9. The maximum absolute atomic E-state index is 12.9. The number of likely N-dealkylation sites (tertiary alicyclic amines) is 1. The Morgan fingerprint density at radius 3 is 2.42 bits per heavy atom. The number of carbonyl (C=O) groups is 2. The second-order valence-corrected chi connectivity index (χ2v) is 8.00. The van der Waals surface area contributed by atoms with Crippen molar-refractivity contribution in [3.05, 3.63) is 29.3 Å². The fraction of sp³-hybridized carbons (Fsp3) is 0.579. The Labute approximate surface area is 165 Å². The van der Waals surface area contributed by atoms with Gasteiger partial charge in [0.2, 0.25) is 11.8 Å². The molecule has 1 spiro atoms. The normalized spacial score (nSPS) is 24.8. The molecule has 5 nitrogen and oxygen atoms in total. The Bertz CT molecular complexity index is 664. The zero-order valence-electron chi connectivity index (χ0n) is 14.7. The van der Waals surface area contributed by atoms with Crippen molar-refractivity contribution in [2.75, 3.05) is 37.6 Å². The van der Waals surface area contributed by atoms with Crippen LogP contribution in [0.15, 0.2) is 24.3 Å². The second-order valence-electron chi connectivity index (χ2n) is 7.56. The molecule has 0 aromatic heterocycles. The van der Waals surface area contributed by atoms with Gasteiger partial charge in [-0.3, -0.25) is 9.59 Å². The van der Waals surface area contributed by atoms with E-state index in [9.17, 15) is 9.59 Å². The molecule has 26 heavy (non-hydrogen) atoms. The first-order chi connectivity index (χ1) is 12.1. The van der Waals surface area contributed by atoms with Crippen LogP contribution in [0.3, 0.4) is 0 Å². The summed E-state index contributed by atoms with van der Waals surface area (Å²) in [6.45, 7) is 4.32. The summed E-state index contributed by atoms with van der Waals surface area (Å²) >= 11 is 5.92. The van der Waals surface area contributed by atoms with E-state index in [1.807, 2.05) is 17.0 Å². The first-order valence-electron chi connectivity index (χ1n) is 9.15. The van der Waals surface area contributed by atoms with Gasteiger partial charge in [0.1, 0.15) is 5.92 Å². The molecule has 1 N–H and O–H groups in total. The lowest BCUT2D eigenvalue weighted by molar-refractivity contribution is -0.141. The lowest BCUT2D eigenvalue weighted by atomic mass is 9.77. The van der Waals surface area contributed by atoms with Crippen molar-refractivity contribution in [3.63, 3.8) is 0 Å². The summed E-state index contributed by atoms with van der Waals surface area (Å²) in [7, 11) is 0. The number of hydrogen-bond acceptors (Lipinski definition) is 3. The molecule has 142 valence electrons. The zero-order chi connectivity index (χ0) is 17.4. The molecule has 0 saturated carbocycles. The number of nitrogens with zero attached hydrogens (tertiary/aromatic N) is 2. The number of piperidine rings is 1. The molecule has 3 aliphatic rings. The third-order valence-corrected chi connectivity index (χ3v) is 6.36. The van der Waals surface area contributed by atoms with Crippen LogP contribution in [0.5, 0.6) is 0 Å². The van der Waals surface area contributed by atoms with Crippen molar-refractivity contribution >= 4 is 41.5 Å². The van der Waals surface area contributed by atoms with Crippen molar-refractivity contribution in [3.8, 4) is 0 Å². The molecule has 1 unspecified atom stereocenters. The molecule has 3 heterocycles. The van der Waals surface area contributed by atoms with Gasteiger partial charge in [-0.1, -0.05) is 11.6 Å². The minimum atomic E-state index is -0.522. The van der Waals surface area contributed by atoms with Crippen LogP contribution in [-0.2, 0) is 9.59 Å². The molecule has 1 aromatic rings. The minimum absolute atomic E-state index is 0. The smallest absolute Gasteiger partial charge is 0.239 e. The number of nitrogens with one attached hydrogen (secondary N) is 1. The highest BCUT2D eigenvalue weighted by Gasteiger charge is 2.43. The lowest BCUT2D eigenvalue weighted by Crippen LogP contribution is -2.47. The third kappa shape index (κ3) is 3.57. The average molecular weight is 398 g/mol. The lowest BCUT2D eigenvalue weighted by Gasteiger charge is -2.39. The molecule has 2 amide bonds. The monoisotopic (exact) mass is 397 g/mol. The van der Waals surface area contributed by atoms with E-state index in [2.05, 4.69) is 5.32 Å². The standard InChI is InChI=1S/C19H24ClN3O2.ClH/c20-14-1-3-15(4-2-14)23-10-5-16(18(23)25)17(24)22-11-7-19(8-12-22)6-9-21-13-19;/h1-4,16,21H,5-13H2;1H. The van der Waals surface area contributed by atoms with Crippen molar-refractivity contribution in [2.45, 2.75) is 25.7 Å². The Kier molecular flexibility index (Phi) is 5.80. The van der Waals surface area contributed by atoms with Crippen LogP contribution >= 0.6 is 24.0 Å². The van der Waals surface area contributed by atoms with Crippen LogP contribution in [0, 0.1) is 11.3 Å². The summed E-state index contributed by atoms with van der Waals surface area (Å²) in [5, 5.41) is 4.09. The summed E-state index contributed by atoms with van der Waals surface area (Å²) in [6, 6.07) is 7.23. The largest absolute Gasteiger partial charge is 0.342 e. The molecule has 0 bridgehead atoms. The van der Waals surface area contributed by atoms with Gasteiger partial charge in [-0.25, -0.2) is 0 Å². The molecule has 0 radical (unpaired) electrons. The predicted molar refractivity (Wildman–Crippen MR) is 105 cm³/mol. The van der Waals surface area contributed by atoms with E-state index in [-0.39, 0.29) is 24.2 Å². The average Bonchev–Trinajstić information content (AvgIpc) is 3.23. The molecule has 3 fully saturated rings. The molecule has 4 rings (SSSR count). The van der Waals surface area contributed by atoms with Crippen LogP contribution in [0.25, 0.3) is 0 Å². The van der Waals surface area contributed by atoms with Crippen LogP contribution in [0.1, 0.15) is 25.7 Å². The fourth-order valence-corrected chi connectivity index (χ4v) is 4.56. The summed E-state index contributed by atoms with van der Waals surface area (Å²) in [4.78, 5) is 29.3. The third-order valence-electron chi connectivity index (χ3n) is 6.11. The number of rotatable bonds is 2. The van der Waals surface area contributed by atoms with Crippen LogP contribution in [-0.4, -0.2) is 49.4 Å². The second kappa shape index (κ2) is 7.75. The molecular weight excluding hydrogens is 373 g/mol. The molecule has 0 aliphatic carbocycles. The number of hydrogen-bond donors (Lipinski definition) is 1. The van der Waals surface area contributed by atoms with Gasteiger partial charge >= 0.3 is 0 Å². The molecule has 7 heteroatoms.